The van der Waals surface area contributed by atoms with E-state index in [0.29, 0.717) is 6.42 Å². The molecule has 2 N–H and O–H groups in total. The van der Waals surface area contributed by atoms with Crippen LogP contribution in [-0.4, -0.2) is 5.78 Å². The van der Waals surface area contributed by atoms with E-state index in [-0.39, 0.29) is 17.7 Å². The van der Waals surface area contributed by atoms with E-state index in [1.54, 1.807) is 0 Å². The van der Waals surface area contributed by atoms with Gasteiger partial charge in [-0.15, -0.1) is 0 Å². The zero-order valence-electron chi connectivity index (χ0n) is 16.5. The average molecular weight is 380 g/mol. The Balaban J connectivity index is 1.60. The maximum atomic E-state index is 13.4. The molecule has 144 valence electrons. The van der Waals surface area contributed by atoms with E-state index in [1.165, 1.54) is 11.1 Å². The molecule has 0 amide bonds. The number of Topliss-reactive ketones (excluding diaryl/α,β-unsaturated/α-hetero) is 1. The van der Waals surface area contributed by atoms with Crippen LogP contribution < -0.4 is 10.6 Å². The predicted molar refractivity (Wildman–Crippen MR) is 118 cm³/mol. The molecular formula is C26H24N2O. The molecule has 0 radical (unpaired) electrons. The fourth-order valence-corrected chi connectivity index (χ4v) is 4.46. The first-order chi connectivity index (χ1) is 14.2. The fraction of sp³-hybridized carbons (Fsp3) is 0.192. The second-order valence-electron chi connectivity index (χ2n) is 7.99. The molecule has 0 saturated heterocycles. The Bertz CT molecular complexity index is 1080. The van der Waals surface area contributed by atoms with Crippen molar-refractivity contribution in [1.82, 2.24) is 0 Å². The van der Waals surface area contributed by atoms with Gasteiger partial charge in [0.15, 0.2) is 5.78 Å². The number of para-hydroxylation sites is 2. The van der Waals surface area contributed by atoms with Crippen molar-refractivity contribution in [2.24, 2.45) is 0 Å². The third-order valence-corrected chi connectivity index (χ3v) is 5.99. The van der Waals surface area contributed by atoms with E-state index in [2.05, 4.69) is 66.1 Å². The van der Waals surface area contributed by atoms with Crippen LogP contribution in [0.15, 0.2) is 90.1 Å². The van der Waals surface area contributed by atoms with Crippen molar-refractivity contribution in [3.05, 3.63) is 107 Å². The van der Waals surface area contributed by atoms with Gasteiger partial charge in [-0.05, 0) is 42.5 Å². The molecule has 1 heterocycles. The lowest BCUT2D eigenvalue weighted by Crippen LogP contribution is -2.26. The highest BCUT2D eigenvalue weighted by Crippen LogP contribution is 2.44. The Kier molecular flexibility index (Phi) is 4.44. The standard InChI is InChI=1S/C26H24N2O/c1-17-11-13-18(14-12-17)20-15-23-25(24(29)16-20)26(19-7-3-2-4-8-19)28-22-10-6-5-9-21(22)27-23/h2-14,20,26-28H,15-16H2,1H3/t20-,26+/m0/s1. The number of carbonyl (C=O) groups excluding carboxylic acids is 1. The molecule has 2 aliphatic rings. The van der Waals surface area contributed by atoms with Gasteiger partial charge in [0.05, 0.1) is 17.4 Å². The zero-order valence-corrected chi connectivity index (χ0v) is 16.5. The van der Waals surface area contributed by atoms with Gasteiger partial charge in [-0.2, -0.15) is 0 Å². The number of benzene rings is 3. The summed E-state index contributed by atoms with van der Waals surface area (Å²) >= 11 is 0. The Morgan fingerprint density at radius 1 is 0.759 bits per heavy atom. The first-order valence-electron chi connectivity index (χ1n) is 10.2. The molecule has 29 heavy (non-hydrogen) atoms. The lowest BCUT2D eigenvalue weighted by atomic mass is 9.78. The van der Waals surface area contributed by atoms with E-state index in [1.807, 2.05) is 30.3 Å². The van der Waals surface area contributed by atoms with Crippen LogP contribution in [0.2, 0.25) is 0 Å². The minimum absolute atomic E-state index is 0.145. The second kappa shape index (κ2) is 7.25. The minimum Gasteiger partial charge on any atom is -0.372 e. The molecule has 3 aromatic carbocycles. The van der Waals surface area contributed by atoms with Gasteiger partial charge in [0.25, 0.3) is 0 Å². The van der Waals surface area contributed by atoms with E-state index in [0.717, 1.165) is 34.6 Å². The van der Waals surface area contributed by atoms with E-state index in [9.17, 15) is 4.79 Å². The van der Waals surface area contributed by atoms with Gasteiger partial charge in [0.2, 0.25) is 0 Å². The average Bonchev–Trinajstić information content (AvgIpc) is 2.92. The van der Waals surface area contributed by atoms with Gasteiger partial charge in [-0.25, -0.2) is 0 Å². The SMILES string of the molecule is Cc1ccc([C@@H]2CC(=O)C3=C(C2)Nc2ccccc2N[C@@H]3c2ccccc2)cc1. The Hall–Kier alpha value is -3.33. The number of carbonyl (C=O) groups is 1. The predicted octanol–water partition coefficient (Wildman–Crippen LogP) is 5.97. The van der Waals surface area contributed by atoms with Gasteiger partial charge >= 0.3 is 0 Å². The van der Waals surface area contributed by atoms with Crippen molar-refractivity contribution >= 4 is 17.2 Å². The molecule has 0 bridgehead atoms. The smallest absolute Gasteiger partial charge is 0.163 e. The largest absolute Gasteiger partial charge is 0.372 e. The Labute approximate surface area is 171 Å². The maximum Gasteiger partial charge on any atom is 0.163 e. The van der Waals surface area contributed by atoms with Gasteiger partial charge in [-0.1, -0.05) is 72.3 Å². The first kappa shape index (κ1) is 17.7. The van der Waals surface area contributed by atoms with E-state index >= 15 is 0 Å². The molecular weight excluding hydrogens is 356 g/mol. The molecule has 3 heteroatoms. The number of fused-ring (bicyclic) bond motifs is 1. The summed E-state index contributed by atoms with van der Waals surface area (Å²) in [6.07, 6.45) is 1.38. The molecule has 1 aliphatic carbocycles. The van der Waals surface area contributed by atoms with Gasteiger partial charge in [-0.3, -0.25) is 4.79 Å². The first-order valence-corrected chi connectivity index (χ1v) is 10.2. The molecule has 0 fully saturated rings. The molecule has 0 spiro atoms. The molecule has 2 atom stereocenters. The Morgan fingerprint density at radius 2 is 1.45 bits per heavy atom. The number of ketones is 1. The summed E-state index contributed by atoms with van der Waals surface area (Å²) in [5, 5.41) is 7.23. The molecule has 3 aromatic rings. The fourth-order valence-electron chi connectivity index (χ4n) is 4.46. The number of hydrogen-bond donors (Lipinski definition) is 2. The third-order valence-electron chi connectivity index (χ3n) is 5.99. The van der Waals surface area contributed by atoms with Crippen molar-refractivity contribution in [3.63, 3.8) is 0 Å². The van der Waals surface area contributed by atoms with Crippen LogP contribution in [0, 0.1) is 6.92 Å². The molecule has 0 saturated carbocycles. The number of anilines is 2. The summed E-state index contributed by atoms with van der Waals surface area (Å²) in [7, 11) is 0. The third kappa shape index (κ3) is 3.33. The quantitative estimate of drug-likeness (QED) is 0.575. The highest BCUT2D eigenvalue weighted by atomic mass is 16.1. The summed E-state index contributed by atoms with van der Waals surface area (Å²) in [4.78, 5) is 13.4. The van der Waals surface area contributed by atoms with Crippen LogP contribution in [-0.2, 0) is 4.79 Å². The van der Waals surface area contributed by atoms with Crippen LogP contribution in [0.3, 0.4) is 0 Å². The summed E-state index contributed by atoms with van der Waals surface area (Å²) in [6, 6.07) is 26.9. The van der Waals surface area contributed by atoms with Gasteiger partial charge < -0.3 is 10.6 Å². The molecule has 1 aliphatic heterocycles. The highest BCUT2D eigenvalue weighted by Gasteiger charge is 2.35. The van der Waals surface area contributed by atoms with Crippen LogP contribution in [0.1, 0.15) is 41.5 Å². The summed E-state index contributed by atoms with van der Waals surface area (Å²) in [5.41, 5.74) is 7.55. The van der Waals surface area contributed by atoms with E-state index < -0.39 is 0 Å². The minimum atomic E-state index is -0.145. The summed E-state index contributed by atoms with van der Waals surface area (Å²) in [6.45, 7) is 2.09. The van der Waals surface area contributed by atoms with Crippen molar-refractivity contribution in [3.8, 4) is 0 Å². The van der Waals surface area contributed by atoms with Crippen LogP contribution in [0.25, 0.3) is 0 Å². The monoisotopic (exact) mass is 380 g/mol. The van der Waals surface area contributed by atoms with Gasteiger partial charge in [0.1, 0.15) is 0 Å². The highest BCUT2D eigenvalue weighted by molar-refractivity contribution is 6.01. The lowest BCUT2D eigenvalue weighted by Gasteiger charge is -2.30. The van der Waals surface area contributed by atoms with Gasteiger partial charge in [0, 0.05) is 17.7 Å². The van der Waals surface area contributed by atoms with Crippen molar-refractivity contribution in [2.75, 3.05) is 10.6 Å². The Morgan fingerprint density at radius 3 is 2.21 bits per heavy atom. The number of aryl methyl sites for hydroxylation is 1. The van der Waals surface area contributed by atoms with Crippen molar-refractivity contribution < 1.29 is 4.79 Å². The number of allylic oxidation sites excluding steroid dienone is 1. The normalized spacial score (nSPS) is 20.8. The van der Waals surface area contributed by atoms with Crippen molar-refractivity contribution in [2.45, 2.75) is 31.7 Å². The number of hydrogen-bond acceptors (Lipinski definition) is 3. The zero-order chi connectivity index (χ0) is 19.8. The number of rotatable bonds is 2. The number of nitrogens with one attached hydrogen (secondary N) is 2. The van der Waals surface area contributed by atoms with Crippen LogP contribution >= 0.6 is 0 Å². The molecule has 3 nitrogen and oxygen atoms in total. The molecule has 0 unspecified atom stereocenters. The maximum absolute atomic E-state index is 13.4. The second-order valence-corrected chi connectivity index (χ2v) is 7.99. The van der Waals surface area contributed by atoms with E-state index in [4.69, 9.17) is 0 Å². The lowest BCUT2D eigenvalue weighted by molar-refractivity contribution is -0.116. The van der Waals surface area contributed by atoms with Crippen LogP contribution in [0.4, 0.5) is 11.4 Å². The molecule has 0 aromatic heterocycles. The molecule has 5 rings (SSSR count). The van der Waals surface area contributed by atoms with Crippen molar-refractivity contribution in [1.29, 1.82) is 0 Å². The van der Waals surface area contributed by atoms with Crippen LogP contribution in [0.5, 0.6) is 0 Å². The summed E-state index contributed by atoms with van der Waals surface area (Å²) in [5.74, 6) is 0.425. The topological polar surface area (TPSA) is 41.1 Å². The summed E-state index contributed by atoms with van der Waals surface area (Å²) < 4.78 is 0.